The number of nitriles is 1. The average Bonchev–Trinajstić information content (AvgIpc) is 2.87. The van der Waals surface area contributed by atoms with Crippen molar-refractivity contribution in [1.82, 2.24) is 4.98 Å². The number of thioether (sulfide) groups is 1. The molecule has 1 aliphatic rings. The Kier molecular flexibility index (Phi) is 3.22. The van der Waals surface area contributed by atoms with Gasteiger partial charge in [0.1, 0.15) is 10.8 Å². The van der Waals surface area contributed by atoms with Crippen LogP contribution in [0.15, 0.2) is 34.5 Å². The van der Waals surface area contributed by atoms with Crippen LogP contribution in [0.25, 0.3) is 0 Å². The molecule has 0 bridgehead atoms. The van der Waals surface area contributed by atoms with Gasteiger partial charge in [0.15, 0.2) is 6.10 Å². The van der Waals surface area contributed by atoms with E-state index in [1.807, 2.05) is 23.6 Å². The van der Waals surface area contributed by atoms with Gasteiger partial charge < -0.3 is 4.74 Å². The van der Waals surface area contributed by atoms with Crippen LogP contribution in [0.5, 0.6) is 5.75 Å². The highest BCUT2D eigenvalue weighted by atomic mass is 32.2. The van der Waals surface area contributed by atoms with Crippen LogP contribution in [-0.4, -0.2) is 10.7 Å². The molecular formula is C13H10N2OS2. The van der Waals surface area contributed by atoms with Crippen molar-refractivity contribution in [1.29, 1.82) is 5.26 Å². The molecule has 0 aliphatic carbocycles. The van der Waals surface area contributed by atoms with Gasteiger partial charge in [-0.3, -0.25) is 0 Å². The molecule has 3 rings (SSSR count). The summed E-state index contributed by atoms with van der Waals surface area (Å²) >= 11 is 3.36. The third-order valence-electron chi connectivity index (χ3n) is 2.61. The molecule has 90 valence electrons. The molecule has 0 saturated carbocycles. The maximum atomic E-state index is 8.65. The molecule has 1 atom stereocenters. The number of thiazole rings is 1. The molecule has 5 heteroatoms. The molecule has 2 aromatic rings. The zero-order valence-corrected chi connectivity index (χ0v) is 11.1. The highest BCUT2D eigenvalue weighted by Gasteiger charge is 2.24. The molecule has 1 aromatic carbocycles. The van der Waals surface area contributed by atoms with Crippen molar-refractivity contribution in [2.24, 2.45) is 0 Å². The number of aromatic nitrogens is 1. The van der Waals surface area contributed by atoms with E-state index in [4.69, 9.17) is 10.00 Å². The van der Waals surface area contributed by atoms with E-state index in [2.05, 4.69) is 17.1 Å². The second-order valence-corrected chi connectivity index (χ2v) is 5.83. The number of para-hydroxylation sites is 1. The summed E-state index contributed by atoms with van der Waals surface area (Å²) in [5.41, 5.74) is 0.838. The lowest BCUT2D eigenvalue weighted by atomic mass is 10.3. The number of ether oxygens (including phenoxy) is 1. The second kappa shape index (κ2) is 5.01. The summed E-state index contributed by atoms with van der Waals surface area (Å²) in [5, 5.41) is 11.5. The highest BCUT2D eigenvalue weighted by molar-refractivity contribution is 7.99. The maximum Gasteiger partial charge on any atom is 0.159 e. The third kappa shape index (κ3) is 2.22. The summed E-state index contributed by atoms with van der Waals surface area (Å²) in [7, 11) is 0. The summed E-state index contributed by atoms with van der Waals surface area (Å²) in [6, 6.07) is 10.2. The minimum absolute atomic E-state index is 0.00217. The van der Waals surface area contributed by atoms with Crippen LogP contribution < -0.4 is 4.74 Å². The SMILES string of the molecule is N#CCc1csc(C2CSc3ccccc3O2)n1. The van der Waals surface area contributed by atoms with Crippen LogP contribution in [-0.2, 0) is 6.42 Å². The number of nitrogens with zero attached hydrogens (tertiary/aromatic N) is 2. The molecule has 1 unspecified atom stereocenters. The van der Waals surface area contributed by atoms with Crippen LogP contribution in [0.4, 0.5) is 0 Å². The van der Waals surface area contributed by atoms with Gasteiger partial charge in [-0.1, -0.05) is 12.1 Å². The van der Waals surface area contributed by atoms with Gasteiger partial charge in [0.25, 0.3) is 0 Å². The average molecular weight is 274 g/mol. The summed E-state index contributed by atoms with van der Waals surface area (Å²) in [4.78, 5) is 5.64. The molecule has 0 N–H and O–H groups in total. The van der Waals surface area contributed by atoms with Crippen molar-refractivity contribution in [2.75, 3.05) is 5.75 Å². The number of hydrogen-bond acceptors (Lipinski definition) is 5. The molecule has 1 aromatic heterocycles. The minimum Gasteiger partial charge on any atom is -0.481 e. The number of fused-ring (bicyclic) bond motifs is 1. The fraction of sp³-hybridized carbons (Fsp3) is 0.231. The normalized spacial score (nSPS) is 17.6. The Bertz CT molecular complexity index is 603. The van der Waals surface area contributed by atoms with Gasteiger partial charge in [0, 0.05) is 16.0 Å². The van der Waals surface area contributed by atoms with Gasteiger partial charge in [-0.25, -0.2) is 4.98 Å². The smallest absolute Gasteiger partial charge is 0.159 e. The van der Waals surface area contributed by atoms with E-state index < -0.39 is 0 Å². The van der Waals surface area contributed by atoms with E-state index in [0.29, 0.717) is 6.42 Å². The Labute approximate surface area is 113 Å². The second-order valence-electron chi connectivity index (χ2n) is 3.88. The fourth-order valence-corrected chi connectivity index (χ4v) is 3.72. The topological polar surface area (TPSA) is 45.9 Å². The molecule has 0 saturated heterocycles. The fourth-order valence-electron chi connectivity index (χ4n) is 1.77. The summed E-state index contributed by atoms with van der Waals surface area (Å²) < 4.78 is 5.95. The first-order chi connectivity index (χ1) is 8.86. The molecule has 1 aliphatic heterocycles. The lowest BCUT2D eigenvalue weighted by Gasteiger charge is -2.23. The molecule has 18 heavy (non-hydrogen) atoms. The minimum atomic E-state index is 0.00217. The number of benzene rings is 1. The van der Waals surface area contributed by atoms with Crippen molar-refractivity contribution in [3.63, 3.8) is 0 Å². The lowest BCUT2D eigenvalue weighted by Crippen LogP contribution is -2.14. The highest BCUT2D eigenvalue weighted by Crippen LogP contribution is 2.40. The van der Waals surface area contributed by atoms with Gasteiger partial charge in [-0.2, -0.15) is 5.26 Å². The third-order valence-corrected chi connectivity index (χ3v) is 4.72. The van der Waals surface area contributed by atoms with Crippen molar-refractivity contribution in [3.05, 3.63) is 40.3 Å². The summed E-state index contributed by atoms with van der Waals surface area (Å²) in [6.07, 6.45) is 0.370. The van der Waals surface area contributed by atoms with Crippen LogP contribution >= 0.6 is 23.1 Å². The Hall–Kier alpha value is -1.51. The van der Waals surface area contributed by atoms with E-state index in [9.17, 15) is 0 Å². The zero-order chi connectivity index (χ0) is 12.4. The van der Waals surface area contributed by atoms with Gasteiger partial charge in [-0.05, 0) is 12.1 Å². The molecule has 3 nitrogen and oxygen atoms in total. The van der Waals surface area contributed by atoms with E-state index in [-0.39, 0.29) is 6.10 Å². The predicted molar refractivity (Wildman–Crippen MR) is 72.0 cm³/mol. The molecule has 0 amide bonds. The van der Waals surface area contributed by atoms with Gasteiger partial charge in [0.2, 0.25) is 0 Å². The molecular weight excluding hydrogens is 264 g/mol. The molecule has 0 spiro atoms. The first-order valence-corrected chi connectivity index (χ1v) is 7.43. The maximum absolute atomic E-state index is 8.65. The number of hydrogen-bond donors (Lipinski definition) is 0. The Morgan fingerprint density at radius 1 is 1.44 bits per heavy atom. The Morgan fingerprint density at radius 3 is 3.22 bits per heavy atom. The van der Waals surface area contributed by atoms with Gasteiger partial charge >= 0.3 is 0 Å². The molecule has 0 radical (unpaired) electrons. The van der Waals surface area contributed by atoms with Gasteiger partial charge in [0.05, 0.1) is 18.2 Å². The van der Waals surface area contributed by atoms with Gasteiger partial charge in [-0.15, -0.1) is 23.1 Å². The molecule has 2 heterocycles. The summed E-state index contributed by atoms with van der Waals surface area (Å²) in [5.74, 6) is 1.80. The van der Waals surface area contributed by atoms with Crippen molar-refractivity contribution < 1.29 is 4.74 Å². The zero-order valence-electron chi connectivity index (χ0n) is 9.50. The van der Waals surface area contributed by atoms with Crippen molar-refractivity contribution in [3.8, 4) is 11.8 Å². The van der Waals surface area contributed by atoms with Crippen LogP contribution in [0, 0.1) is 11.3 Å². The van der Waals surface area contributed by atoms with E-state index in [0.717, 1.165) is 22.2 Å². The van der Waals surface area contributed by atoms with Crippen LogP contribution in [0.3, 0.4) is 0 Å². The molecule has 0 fully saturated rings. The number of rotatable bonds is 2. The lowest BCUT2D eigenvalue weighted by molar-refractivity contribution is 0.219. The van der Waals surface area contributed by atoms with Crippen LogP contribution in [0.1, 0.15) is 16.8 Å². The standard InChI is InChI=1S/C13H10N2OS2/c14-6-5-9-7-18-13(15-9)11-8-17-12-4-2-1-3-10(12)16-11/h1-4,7,11H,5,8H2. The monoisotopic (exact) mass is 274 g/mol. The first kappa shape index (κ1) is 11.6. The first-order valence-electron chi connectivity index (χ1n) is 5.56. The van der Waals surface area contributed by atoms with E-state index in [1.165, 1.54) is 4.90 Å². The van der Waals surface area contributed by atoms with Crippen molar-refractivity contribution in [2.45, 2.75) is 17.4 Å². The summed E-state index contributed by atoms with van der Waals surface area (Å²) in [6.45, 7) is 0. The van der Waals surface area contributed by atoms with E-state index in [1.54, 1.807) is 23.1 Å². The van der Waals surface area contributed by atoms with E-state index >= 15 is 0 Å². The Morgan fingerprint density at radius 2 is 2.33 bits per heavy atom. The van der Waals surface area contributed by atoms with Crippen molar-refractivity contribution >= 4 is 23.1 Å². The largest absolute Gasteiger partial charge is 0.481 e. The quantitative estimate of drug-likeness (QED) is 0.841. The van der Waals surface area contributed by atoms with Crippen LogP contribution in [0.2, 0.25) is 0 Å². The Balaban J connectivity index is 1.81. The predicted octanol–water partition coefficient (Wildman–Crippen LogP) is 3.43.